The van der Waals surface area contributed by atoms with Crippen LogP contribution in [0.5, 0.6) is 0 Å². The van der Waals surface area contributed by atoms with Crippen LogP contribution in [0, 0.1) is 0 Å². The van der Waals surface area contributed by atoms with Crippen molar-refractivity contribution in [2.45, 2.75) is 0 Å². The number of hydrogen-bond acceptors (Lipinski definition) is 1. The molecule has 1 aromatic heterocycles. The van der Waals surface area contributed by atoms with E-state index in [1.165, 1.54) is 60.4 Å². The Labute approximate surface area is 315 Å². The van der Waals surface area contributed by atoms with Crippen molar-refractivity contribution in [2.75, 3.05) is 4.90 Å². The molecule has 0 atom stereocenters. The van der Waals surface area contributed by atoms with Gasteiger partial charge in [0, 0.05) is 33.4 Å². The van der Waals surface area contributed by atoms with E-state index in [1.54, 1.807) is 0 Å². The number of anilines is 3. The summed E-state index contributed by atoms with van der Waals surface area (Å²) in [5.74, 6) is 0. The van der Waals surface area contributed by atoms with Gasteiger partial charge in [-0.3, -0.25) is 0 Å². The van der Waals surface area contributed by atoms with Crippen LogP contribution in [0.2, 0.25) is 0 Å². The van der Waals surface area contributed by atoms with Gasteiger partial charge in [0.2, 0.25) is 0 Å². The Balaban J connectivity index is 1.15. The highest BCUT2D eigenvalue weighted by Crippen LogP contribution is 2.43. The smallest absolute Gasteiger partial charge is 0.0547 e. The Morgan fingerprint density at radius 2 is 0.907 bits per heavy atom. The number of para-hydroxylation sites is 2. The van der Waals surface area contributed by atoms with E-state index in [9.17, 15) is 0 Å². The summed E-state index contributed by atoms with van der Waals surface area (Å²) in [6.45, 7) is 0. The maximum Gasteiger partial charge on any atom is 0.0547 e. The standard InChI is InChI=1S/C52H36N2/c1-3-14-37(15-4-1)39-26-28-42(29-27-39)46-21-9-11-24-49(46)53(43-33-30-40(31-34-43)38-16-5-2-6-17-38)44-19-13-20-45(36-44)54-50-25-12-10-23-48(50)52-47-22-8-7-18-41(47)32-35-51(52)54/h1-36H. The van der Waals surface area contributed by atoms with Crippen LogP contribution in [0.15, 0.2) is 218 Å². The molecule has 9 aromatic carbocycles. The Hall–Kier alpha value is -7.16. The molecule has 0 N–H and O–H groups in total. The zero-order chi connectivity index (χ0) is 35.8. The maximum atomic E-state index is 2.42. The summed E-state index contributed by atoms with van der Waals surface area (Å²) in [6, 6.07) is 78.8. The molecule has 54 heavy (non-hydrogen) atoms. The second-order valence-corrected chi connectivity index (χ2v) is 13.8. The van der Waals surface area contributed by atoms with Crippen molar-refractivity contribution in [2.24, 2.45) is 0 Å². The first-order valence-corrected chi connectivity index (χ1v) is 18.5. The van der Waals surface area contributed by atoms with Gasteiger partial charge in [0.15, 0.2) is 0 Å². The van der Waals surface area contributed by atoms with Gasteiger partial charge in [0.05, 0.1) is 16.7 Å². The van der Waals surface area contributed by atoms with E-state index in [2.05, 4.69) is 228 Å². The molecule has 2 nitrogen and oxygen atoms in total. The first kappa shape index (κ1) is 31.6. The van der Waals surface area contributed by atoms with Crippen LogP contribution in [-0.2, 0) is 0 Å². The average molecular weight is 689 g/mol. The Bertz CT molecular complexity index is 2910. The molecule has 0 aliphatic rings. The maximum absolute atomic E-state index is 2.42. The molecule has 0 fully saturated rings. The lowest BCUT2D eigenvalue weighted by atomic mass is 9.98. The first-order valence-electron chi connectivity index (χ1n) is 18.5. The molecule has 0 amide bonds. The number of benzene rings is 9. The lowest BCUT2D eigenvalue weighted by Crippen LogP contribution is -2.11. The van der Waals surface area contributed by atoms with E-state index in [0.717, 1.165) is 28.3 Å². The van der Waals surface area contributed by atoms with Gasteiger partial charge >= 0.3 is 0 Å². The van der Waals surface area contributed by atoms with Crippen molar-refractivity contribution >= 4 is 49.6 Å². The first-order chi connectivity index (χ1) is 26.8. The summed E-state index contributed by atoms with van der Waals surface area (Å²) in [5.41, 5.74) is 13.9. The monoisotopic (exact) mass is 688 g/mol. The van der Waals surface area contributed by atoms with Crippen LogP contribution in [0.3, 0.4) is 0 Å². The van der Waals surface area contributed by atoms with Crippen LogP contribution >= 0.6 is 0 Å². The van der Waals surface area contributed by atoms with E-state index < -0.39 is 0 Å². The number of hydrogen-bond donors (Lipinski definition) is 0. The van der Waals surface area contributed by atoms with Crippen molar-refractivity contribution in [3.05, 3.63) is 218 Å². The highest BCUT2D eigenvalue weighted by molar-refractivity contribution is 6.21. The topological polar surface area (TPSA) is 8.17 Å². The third kappa shape index (κ3) is 5.53. The summed E-state index contributed by atoms with van der Waals surface area (Å²) in [5, 5.41) is 5.06. The van der Waals surface area contributed by atoms with Gasteiger partial charge in [0.1, 0.15) is 0 Å². The molecule has 0 unspecified atom stereocenters. The summed E-state index contributed by atoms with van der Waals surface area (Å²) in [4.78, 5) is 2.40. The zero-order valence-electron chi connectivity index (χ0n) is 29.7. The fraction of sp³-hybridized carbons (Fsp3) is 0. The Kier molecular flexibility index (Phi) is 7.85. The van der Waals surface area contributed by atoms with E-state index in [4.69, 9.17) is 0 Å². The van der Waals surface area contributed by atoms with Crippen LogP contribution in [0.25, 0.3) is 71.6 Å². The molecule has 0 saturated carbocycles. The van der Waals surface area contributed by atoms with Gasteiger partial charge in [-0.2, -0.15) is 0 Å². The normalized spacial score (nSPS) is 11.3. The van der Waals surface area contributed by atoms with Gasteiger partial charge in [-0.25, -0.2) is 0 Å². The highest BCUT2D eigenvalue weighted by atomic mass is 15.1. The van der Waals surface area contributed by atoms with Crippen molar-refractivity contribution in [1.29, 1.82) is 0 Å². The lowest BCUT2D eigenvalue weighted by Gasteiger charge is -2.28. The van der Waals surface area contributed by atoms with Gasteiger partial charge in [-0.15, -0.1) is 0 Å². The minimum atomic E-state index is 1.08. The largest absolute Gasteiger partial charge is 0.310 e. The molecule has 0 bridgehead atoms. The van der Waals surface area contributed by atoms with Crippen LogP contribution in [0.4, 0.5) is 17.1 Å². The van der Waals surface area contributed by atoms with E-state index in [1.807, 2.05) is 0 Å². The van der Waals surface area contributed by atoms with Crippen molar-refractivity contribution in [3.63, 3.8) is 0 Å². The molecule has 2 heteroatoms. The van der Waals surface area contributed by atoms with Crippen molar-refractivity contribution in [3.8, 4) is 39.1 Å². The van der Waals surface area contributed by atoms with E-state index in [0.29, 0.717) is 0 Å². The fourth-order valence-corrected chi connectivity index (χ4v) is 8.03. The zero-order valence-corrected chi connectivity index (χ0v) is 29.7. The quantitative estimate of drug-likeness (QED) is 0.162. The van der Waals surface area contributed by atoms with Crippen molar-refractivity contribution in [1.82, 2.24) is 4.57 Å². The van der Waals surface area contributed by atoms with Crippen LogP contribution < -0.4 is 4.90 Å². The Morgan fingerprint density at radius 1 is 0.333 bits per heavy atom. The van der Waals surface area contributed by atoms with Gasteiger partial charge in [-0.1, -0.05) is 170 Å². The predicted molar refractivity (Wildman–Crippen MR) is 229 cm³/mol. The summed E-state index contributed by atoms with van der Waals surface area (Å²) in [7, 11) is 0. The number of aromatic nitrogens is 1. The van der Waals surface area contributed by atoms with E-state index >= 15 is 0 Å². The molecule has 254 valence electrons. The molecule has 10 rings (SSSR count). The number of rotatable bonds is 7. The molecule has 0 spiro atoms. The van der Waals surface area contributed by atoms with Gasteiger partial charge < -0.3 is 9.47 Å². The molecular weight excluding hydrogens is 653 g/mol. The number of nitrogens with zero attached hydrogens (tertiary/aromatic N) is 2. The molecule has 10 aromatic rings. The lowest BCUT2D eigenvalue weighted by molar-refractivity contribution is 1.17. The van der Waals surface area contributed by atoms with Crippen molar-refractivity contribution < 1.29 is 0 Å². The Morgan fingerprint density at radius 3 is 1.65 bits per heavy atom. The molecule has 1 heterocycles. The SMILES string of the molecule is c1ccc(-c2ccc(-c3ccccc3N(c3ccc(-c4ccccc4)cc3)c3cccc(-n4c5ccccc5c5c6ccccc6ccc54)c3)cc2)cc1. The third-order valence-electron chi connectivity index (χ3n) is 10.6. The molecule has 0 saturated heterocycles. The average Bonchev–Trinajstić information content (AvgIpc) is 3.60. The second kappa shape index (κ2) is 13.4. The summed E-state index contributed by atoms with van der Waals surface area (Å²) in [6.07, 6.45) is 0. The number of fused-ring (bicyclic) bond motifs is 5. The predicted octanol–water partition coefficient (Wildman–Crippen LogP) is 14.4. The molecule has 0 aliphatic heterocycles. The summed E-state index contributed by atoms with van der Waals surface area (Å²) >= 11 is 0. The second-order valence-electron chi connectivity index (χ2n) is 13.8. The van der Waals surface area contributed by atoms with Crippen LogP contribution in [-0.4, -0.2) is 4.57 Å². The van der Waals surface area contributed by atoms with Gasteiger partial charge in [0.25, 0.3) is 0 Å². The molecule has 0 aliphatic carbocycles. The highest BCUT2D eigenvalue weighted by Gasteiger charge is 2.20. The molecular formula is C52H36N2. The van der Waals surface area contributed by atoms with E-state index in [-0.39, 0.29) is 0 Å². The fourth-order valence-electron chi connectivity index (χ4n) is 8.03. The third-order valence-corrected chi connectivity index (χ3v) is 10.6. The minimum absolute atomic E-state index is 1.08. The summed E-state index contributed by atoms with van der Waals surface area (Å²) < 4.78 is 2.42. The van der Waals surface area contributed by atoms with Gasteiger partial charge in [-0.05, 0) is 87.1 Å². The minimum Gasteiger partial charge on any atom is -0.310 e. The van der Waals surface area contributed by atoms with Crippen LogP contribution in [0.1, 0.15) is 0 Å². The molecule has 0 radical (unpaired) electrons.